The molecule has 0 radical (unpaired) electrons. The van der Waals surface area contributed by atoms with Gasteiger partial charge in [0.05, 0.1) is 12.6 Å². The van der Waals surface area contributed by atoms with E-state index in [9.17, 15) is 9.90 Å². The lowest BCUT2D eigenvalue weighted by Gasteiger charge is -2.36. The highest BCUT2D eigenvalue weighted by molar-refractivity contribution is 5.82. The highest BCUT2D eigenvalue weighted by Crippen LogP contribution is 2.30. The fourth-order valence-electron chi connectivity index (χ4n) is 4.53. The molecule has 2 N–H and O–H groups in total. The summed E-state index contributed by atoms with van der Waals surface area (Å²) in [6, 6.07) is 14.0. The Hall–Kier alpha value is -2.53. The molecule has 29 heavy (non-hydrogen) atoms. The van der Waals surface area contributed by atoms with Crippen LogP contribution in [0, 0.1) is 0 Å². The number of carbonyl (C=O) groups excluding carboxylic acids is 1. The Labute approximate surface area is 172 Å². The average Bonchev–Trinajstić information content (AvgIpc) is 3.23. The second kappa shape index (κ2) is 8.87. The van der Waals surface area contributed by atoms with Crippen molar-refractivity contribution in [3.8, 4) is 11.5 Å². The zero-order valence-electron chi connectivity index (χ0n) is 17.1. The average molecular weight is 395 g/mol. The third kappa shape index (κ3) is 4.56. The van der Waals surface area contributed by atoms with E-state index in [1.54, 1.807) is 6.07 Å². The Kier molecular flexibility index (Phi) is 6.05. The number of nitrogens with one attached hydrogen (secondary N) is 1. The van der Waals surface area contributed by atoms with Crippen LogP contribution in [0.5, 0.6) is 11.5 Å². The number of fused-ring (bicyclic) bond motifs is 1. The van der Waals surface area contributed by atoms with Crippen LogP contribution in [0.15, 0.2) is 42.5 Å². The third-order valence-electron chi connectivity index (χ3n) is 6.06. The lowest BCUT2D eigenvalue weighted by molar-refractivity contribution is -0.128. The maximum Gasteiger partial charge on any atom is 0.237 e. The molecule has 1 saturated carbocycles. The number of aromatic hydroxyl groups is 1. The van der Waals surface area contributed by atoms with Crippen molar-refractivity contribution in [3.05, 3.63) is 59.2 Å². The Morgan fingerprint density at radius 2 is 1.93 bits per heavy atom. The fraction of sp³-hybridized carbons (Fsp3) is 0.458. The number of hydrogen-bond donors (Lipinski definition) is 2. The first-order valence-electron chi connectivity index (χ1n) is 10.7. The van der Waals surface area contributed by atoms with Crippen molar-refractivity contribution in [2.24, 2.45) is 0 Å². The van der Waals surface area contributed by atoms with Gasteiger partial charge in [-0.15, -0.1) is 0 Å². The summed E-state index contributed by atoms with van der Waals surface area (Å²) in [6.07, 6.45) is 5.31. The maximum atomic E-state index is 13.2. The third-order valence-corrected chi connectivity index (χ3v) is 6.06. The quantitative estimate of drug-likeness (QED) is 0.783. The summed E-state index contributed by atoms with van der Waals surface area (Å²) in [5.74, 6) is 0.777. The fourth-order valence-corrected chi connectivity index (χ4v) is 4.53. The smallest absolute Gasteiger partial charge is 0.237 e. The summed E-state index contributed by atoms with van der Waals surface area (Å²) in [7, 11) is 0. The number of benzene rings is 2. The molecule has 2 aliphatic rings. The first-order valence-corrected chi connectivity index (χ1v) is 10.7. The van der Waals surface area contributed by atoms with Gasteiger partial charge in [-0.2, -0.15) is 0 Å². The standard InChI is InChI=1S/C24H30N2O3/c1-2-29-23-13-17(11-12-22(23)27)15-26-16-19-8-4-3-7-18(19)14-21(26)24(28)25-20-9-5-6-10-20/h3-4,7-8,11-13,20-21,27H,2,5-6,9-10,14-16H2,1H3,(H,25,28). The number of phenols is 1. The van der Waals surface area contributed by atoms with Gasteiger partial charge in [-0.3, -0.25) is 9.69 Å². The molecule has 2 aromatic rings. The van der Waals surface area contributed by atoms with Crippen molar-refractivity contribution in [1.29, 1.82) is 0 Å². The van der Waals surface area contributed by atoms with E-state index < -0.39 is 0 Å². The second-order valence-electron chi connectivity index (χ2n) is 8.12. The highest BCUT2D eigenvalue weighted by atomic mass is 16.5. The van der Waals surface area contributed by atoms with E-state index in [0.717, 1.165) is 31.4 Å². The van der Waals surface area contributed by atoms with Crippen LogP contribution in [-0.4, -0.2) is 34.6 Å². The topological polar surface area (TPSA) is 61.8 Å². The summed E-state index contributed by atoms with van der Waals surface area (Å²) < 4.78 is 5.54. The molecular weight excluding hydrogens is 364 g/mol. The summed E-state index contributed by atoms with van der Waals surface area (Å²) in [5.41, 5.74) is 3.57. The molecule has 1 fully saturated rings. The van der Waals surface area contributed by atoms with Crippen LogP contribution >= 0.6 is 0 Å². The minimum absolute atomic E-state index is 0.134. The molecule has 1 aliphatic carbocycles. The van der Waals surface area contributed by atoms with Crippen LogP contribution in [0.3, 0.4) is 0 Å². The zero-order valence-corrected chi connectivity index (χ0v) is 17.1. The van der Waals surface area contributed by atoms with Gasteiger partial charge in [-0.05, 0) is 55.0 Å². The molecule has 0 spiro atoms. The SMILES string of the molecule is CCOc1cc(CN2Cc3ccccc3CC2C(=O)NC2CCCC2)ccc1O. The Balaban J connectivity index is 1.56. The lowest BCUT2D eigenvalue weighted by atomic mass is 9.92. The molecule has 0 bridgehead atoms. The molecule has 4 rings (SSSR count). The van der Waals surface area contributed by atoms with E-state index in [-0.39, 0.29) is 17.7 Å². The summed E-state index contributed by atoms with van der Waals surface area (Å²) in [4.78, 5) is 15.4. The number of rotatable bonds is 6. The van der Waals surface area contributed by atoms with E-state index >= 15 is 0 Å². The minimum Gasteiger partial charge on any atom is -0.504 e. The largest absolute Gasteiger partial charge is 0.504 e. The van der Waals surface area contributed by atoms with E-state index in [2.05, 4.69) is 34.5 Å². The van der Waals surface area contributed by atoms with Gasteiger partial charge in [0.1, 0.15) is 0 Å². The van der Waals surface area contributed by atoms with E-state index in [4.69, 9.17) is 4.74 Å². The Morgan fingerprint density at radius 3 is 2.69 bits per heavy atom. The van der Waals surface area contributed by atoms with Crippen molar-refractivity contribution in [3.63, 3.8) is 0 Å². The number of ether oxygens (including phenoxy) is 1. The van der Waals surface area contributed by atoms with Gasteiger partial charge in [-0.25, -0.2) is 0 Å². The molecule has 1 unspecified atom stereocenters. The van der Waals surface area contributed by atoms with Gasteiger partial charge in [0.15, 0.2) is 11.5 Å². The molecule has 154 valence electrons. The first kappa shape index (κ1) is 19.8. The first-order chi connectivity index (χ1) is 14.1. The number of amides is 1. The Morgan fingerprint density at radius 1 is 1.17 bits per heavy atom. The molecule has 0 saturated heterocycles. The monoisotopic (exact) mass is 394 g/mol. The van der Waals surface area contributed by atoms with E-state index in [1.807, 2.05) is 19.1 Å². The summed E-state index contributed by atoms with van der Waals surface area (Å²) in [6.45, 7) is 3.78. The van der Waals surface area contributed by atoms with Gasteiger partial charge >= 0.3 is 0 Å². The predicted molar refractivity (Wildman–Crippen MR) is 113 cm³/mol. The molecule has 1 amide bonds. The van der Waals surface area contributed by atoms with Crippen LogP contribution in [0.25, 0.3) is 0 Å². The molecule has 0 aromatic heterocycles. The molecule has 1 atom stereocenters. The van der Waals surface area contributed by atoms with Crippen molar-refractivity contribution in [2.45, 2.75) is 64.2 Å². The zero-order chi connectivity index (χ0) is 20.2. The number of nitrogens with zero attached hydrogens (tertiary/aromatic N) is 1. The molecule has 5 nitrogen and oxygen atoms in total. The van der Waals surface area contributed by atoms with E-state index in [1.165, 1.54) is 24.0 Å². The number of carbonyl (C=O) groups is 1. The van der Waals surface area contributed by atoms with Crippen molar-refractivity contribution in [2.75, 3.05) is 6.61 Å². The van der Waals surface area contributed by atoms with Crippen LogP contribution in [0.2, 0.25) is 0 Å². The van der Waals surface area contributed by atoms with Crippen molar-refractivity contribution < 1.29 is 14.6 Å². The predicted octanol–water partition coefficient (Wildman–Crippen LogP) is 3.78. The van der Waals surface area contributed by atoms with E-state index in [0.29, 0.717) is 24.9 Å². The van der Waals surface area contributed by atoms with Crippen molar-refractivity contribution in [1.82, 2.24) is 10.2 Å². The number of phenolic OH excluding ortho intramolecular Hbond substituents is 1. The van der Waals surface area contributed by atoms with Crippen LogP contribution in [0.4, 0.5) is 0 Å². The molecular formula is C24H30N2O3. The number of hydrogen-bond acceptors (Lipinski definition) is 4. The summed E-state index contributed by atoms with van der Waals surface area (Å²) in [5, 5.41) is 13.3. The van der Waals surface area contributed by atoms with Gasteiger partial charge in [0.25, 0.3) is 0 Å². The summed E-state index contributed by atoms with van der Waals surface area (Å²) >= 11 is 0. The minimum atomic E-state index is -0.185. The molecule has 1 heterocycles. The molecule has 2 aromatic carbocycles. The van der Waals surface area contributed by atoms with Crippen LogP contribution < -0.4 is 10.1 Å². The van der Waals surface area contributed by atoms with Gasteiger partial charge in [-0.1, -0.05) is 43.2 Å². The maximum absolute atomic E-state index is 13.2. The highest BCUT2D eigenvalue weighted by Gasteiger charge is 2.33. The molecule has 1 aliphatic heterocycles. The van der Waals surface area contributed by atoms with Crippen LogP contribution in [-0.2, 0) is 24.3 Å². The van der Waals surface area contributed by atoms with Crippen molar-refractivity contribution >= 4 is 5.91 Å². The molecule has 5 heteroatoms. The normalized spacial score (nSPS) is 19.7. The van der Waals surface area contributed by atoms with Gasteiger partial charge in [0, 0.05) is 19.1 Å². The lowest BCUT2D eigenvalue weighted by Crippen LogP contribution is -2.51. The van der Waals surface area contributed by atoms with Gasteiger partial charge in [0.2, 0.25) is 5.91 Å². The van der Waals surface area contributed by atoms with Crippen LogP contribution in [0.1, 0.15) is 49.3 Å². The van der Waals surface area contributed by atoms with Gasteiger partial charge < -0.3 is 15.2 Å². The second-order valence-corrected chi connectivity index (χ2v) is 8.12. The Bertz CT molecular complexity index is 861.